The summed E-state index contributed by atoms with van der Waals surface area (Å²) in [5.74, 6) is -1.02. The molecule has 0 aliphatic heterocycles. The third-order valence-corrected chi connectivity index (χ3v) is 2.82. The summed E-state index contributed by atoms with van der Waals surface area (Å²) in [5.41, 5.74) is 3.13. The van der Waals surface area contributed by atoms with Crippen molar-refractivity contribution in [2.75, 3.05) is 13.2 Å². The van der Waals surface area contributed by atoms with E-state index in [4.69, 9.17) is 10.5 Å². The average molecular weight is 290 g/mol. The normalized spacial score (nSPS) is 14.7. The Hall–Kier alpha value is -1.76. The zero-order valence-corrected chi connectivity index (χ0v) is 11.3. The van der Waals surface area contributed by atoms with Gasteiger partial charge in [0, 0.05) is 0 Å². The third kappa shape index (κ3) is 3.86. The molecule has 1 atom stereocenters. The van der Waals surface area contributed by atoms with Crippen molar-refractivity contribution in [1.82, 2.24) is 5.32 Å². The lowest BCUT2D eigenvalue weighted by Crippen LogP contribution is -2.57. The Morgan fingerprint density at radius 2 is 1.95 bits per heavy atom. The highest BCUT2D eigenvalue weighted by atomic mass is 19.4. The molecule has 0 fully saturated rings. The molecule has 0 saturated heterocycles. The van der Waals surface area contributed by atoms with Crippen LogP contribution in [0.2, 0.25) is 0 Å². The van der Waals surface area contributed by atoms with Crippen LogP contribution in [0.1, 0.15) is 19.4 Å². The summed E-state index contributed by atoms with van der Waals surface area (Å²) < 4.78 is 43.5. The van der Waals surface area contributed by atoms with Crippen molar-refractivity contribution in [3.05, 3.63) is 29.8 Å². The number of para-hydroxylation sites is 1. The summed E-state index contributed by atoms with van der Waals surface area (Å²) in [6.45, 7) is 3.38. The number of nitrogens with one attached hydrogen (secondary N) is 1. The highest BCUT2D eigenvalue weighted by Gasteiger charge is 2.36. The van der Waals surface area contributed by atoms with Gasteiger partial charge in [-0.25, -0.2) is 0 Å². The van der Waals surface area contributed by atoms with Crippen LogP contribution >= 0.6 is 0 Å². The quantitative estimate of drug-likeness (QED) is 0.841. The average Bonchev–Trinajstić information content (AvgIpc) is 2.36. The SMILES string of the molecule is CCNC(C)(COc1ccccc1C(F)(F)F)C(N)=O. The van der Waals surface area contributed by atoms with Crippen LogP contribution in [0.4, 0.5) is 13.2 Å². The van der Waals surface area contributed by atoms with Crippen LogP contribution in [0.25, 0.3) is 0 Å². The number of ether oxygens (including phenoxy) is 1. The number of alkyl halides is 3. The molecule has 7 heteroatoms. The van der Waals surface area contributed by atoms with E-state index in [1.165, 1.54) is 25.1 Å². The molecule has 0 aromatic heterocycles. The van der Waals surface area contributed by atoms with Crippen LogP contribution in [-0.4, -0.2) is 24.6 Å². The topological polar surface area (TPSA) is 64.3 Å². The van der Waals surface area contributed by atoms with Crippen LogP contribution < -0.4 is 15.8 Å². The number of likely N-dealkylation sites (N-methyl/N-ethyl adjacent to an activating group) is 1. The van der Waals surface area contributed by atoms with E-state index in [2.05, 4.69) is 5.32 Å². The van der Waals surface area contributed by atoms with Crippen molar-refractivity contribution in [2.24, 2.45) is 5.73 Å². The highest BCUT2D eigenvalue weighted by molar-refractivity contribution is 5.84. The van der Waals surface area contributed by atoms with Gasteiger partial charge in [0.25, 0.3) is 0 Å². The number of benzene rings is 1. The maximum Gasteiger partial charge on any atom is 0.419 e. The Bertz CT molecular complexity index is 477. The Balaban J connectivity index is 2.92. The first kappa shape index (κ1) is 16.3. The number of primary amides is 1. The van der Waals surface area contributed by atoms with Gasteiger partial charge in [-0.2, -0.15) is 13.2 Å². The van der Waals surface area contributed by atoms with Crippen molar-refractivity contribution >= 4 is 5.91 Å². The minimum absolute atomic E-state index is 0.288. The van der Waals surface area contributed by atoms with Crippen LogP contribution in [0, 0.1) is 0 Å². The monoisotopic (exact) mass is 290 g/mol. The van der Waals surface area contributed by atoms with E-state index in [1.54, 1.807) is 6.92 Å². The van der Waals surface area contributed by atoms with E-state index in [-0.39, 0.29) is 12.4 Å². The summed E-state index contributed by atoms with van der Waals surface area (Å²) in [7, 11) is 0. The van der Waals surface area contributed by atoms with Gasteiger partial charge >= 0.3 is 6.18 Å². The second-order valence-electron chi connectivity index (χ2n) is 4.51. The smallest absolute Gasteiger partial charge is 0.419 e. The van der Waals surface area contributed by atoms with E-state index in [1.807, 2.05) is 0 Å². The van der Waals surface area contributed by atoms with Gasteiger partial charge in [0.05, 0.1) is 5.56 Å². The molecule has 4 nitrogen and oxygen atoms in total. The minimum atomic E-state index is -4.52. The number of amides is 1. The number of hydrogen-bond donors (Lipinski definition) is 2. The molecule has 1 unspecified atom stereocenters. The van der Waals surface area contributed by atoms with Gasteiger partial charge in [-0.15, -0.1) is 0 Å². The van der Waals surface area contributed by atoms with Crippen LogP contribution in [-0.2, 0) is 11.0 Å². The van der Waals surface area contributed by atoms with Crippen LogP contribution in [0.3, 0.4) is 0 Å². The van der Waals surface area contributed by atoms with Crippen molar-refractivity contribution in [2.45, 2.75) is 25.6 Å². The summed E-state index contributed by atoms with van der Waals surface area (Å²) in [5, 5.41) is 2.81. The maximum absolute atomic E-state index is 12.8. The predicted octanol–water partition coefficient (Wildman–Crippen LogP) is 1.94. The van der Waals surface area contributed by atoms with Crippen molar-refractivity contribution in [1.29, 1.82) is 0 Å². The molecule has 112 valence electrons. The van der Waals surface area contributed by atoms with Gasteiger partial charge in [0.1, 0.15) is 17.9 Å². The predicted molar refractivity (Wildman–Crippen MR) is 68.2 cm³/mol. The molecular formula is C13H17F3N2O2. The fourth-order valence-corrected chi connectivity index (χ4v) is 1.65. The number of halogens is 3. The maximum atomic E-state index is 12.8. The molecule has 0 radical (unpaired) electrons. The van der Waals surface area contributed by atoms with E-state index < -0.39 is 23.2 Å². The van der Waals surface area contributed by atoms with E-state index >= 15 is 0 Å². The van der Waals surface area contributed by atoms with Crippen LogP contribution in [0.15, 0.2) is 24.3 Å². The second kappa shape index (κ2) is 6.13. The zero-order valence-electron chi connectivity index (χ0n) is 11.3. The van der Waals surface area contributed by atoms with Crippen molar-refractivity contribution < 1.29 is 22.7 Å². The molecule has 0 saturated carbocycles. The van der Waals surface area contributed by atoms with Crippen LogP contribution in [0.5, 0.6) is 5.75 Å². The van der Waals surface area contributed by atoms with E-state index in [0.717, 1.165) is 6.07 Å². The first-order valence-corrected chi connectivity index (χ1v) is 6.04. The lowest BCUT2D eigenvalue weighted by atomic mass is 10.0. The van der Waals surface area contributed by atoms with Gasteiger partial charge in [-0.3, -0.25) is 4.79 Å². The minimum Gasteiger partial charge on any atom is -0.490 e. The molecule has 0 spiro atoms. The van der Waals surface area contributed by atoms with Gasteiger partial charge in [-0.05, 0) is 25.6 Å². The zero-order chi connectivity index (χ0) is 15.4. The lowest BCUT2D eigenvalue weighted by molar-refractivity contribution is -0.139. The molecule has 0 bridgehead atoms. The molecule has 3 N–H and O–H groups in total. The molecular weight excluding hydrogens is 273 g/mol. The molecule has 0 aliphatic carbocycles. The molecule has 0 heterocycles. The summed E-state index contributed by atoms with van der Waals surface area (Å²) in [6, 6.07) is 4.83. The largest absolute Gasteiger partial charge is 0.490 e. The summed E-state index contributed by atoms with van der Waals surface area (Å²) in [4.78, 5) is 11.4. The molecule has 20 heavy (non-hydrogen) atoms. The number of rotatable bonds is 6. The number of nitrogens with two attached hydrogens (primary N) is 1. The first-order chi connectivity index (χ1) is 9.20. The first-order valence-electron chi connectivity index (χ1n) is 6.04. The molecule has 1 aromatic rings. The van der Waals surface area contributed by atoms with Gasteiger partial charge in [-0.1, -0.05) is 19.1 Å². The van der Waals surface area contributed by atoms with E-state index in [0.29, 0.717) is 6.54 Å². The van der Waals surface area contributed by atoms with E-state index in [9.17, 15) is 18.0 Å². The summed E-state index contributed by atoms with van der Waals surface area (Å²) >= 11 is 0. The van der Waals surface area contributed by atoms with Crippen molar-refractivity contribution in [3.63, 3.8) is 0 Å². The fourth-order valence-electron chi connectivity index (χ4n) is 1.65. The van der Waals surface area contributed by atoms with Crippen molar-refractivity contribution in [3.8, 4) is 5.75 Å². The van der Waals surface area contributed by atoms with Gasteiger partial charge < -0.3 is 15.8 Å². The van der Waals surface area contributed by atoms with Gasteiger partial charge in [0.15, 0.2) is 0 Å². The van der Waals surface area contributed by atoms with Gasteiger partial charge in [0.2, 0.25) is 5.91 Å². The molecule has 1 amide bonds. The standard InChI is InChI=1S/C13H17F3N2O2/c1-3-18-12(2,11(17)19)8-20-10-7-5-4-6-9(10)13(14,15)16/h4-7,18H,3,8H2,1-2H3,(H2,17,19). The number of hydrogen-bond acceptors (Lipinski definition) is 3. The highest BCUT2D eigenvalue weighted by Crippen LogP contribution is 2.36. The molecule has 0 aliphatic rings. The fraction of sp³-hybridized carbons (Fsp3) is 0.462. The Kier molecular flexibility index (Phi) is 4.99. The number of carbonyl (C=O) groups excluding carboxylic acids is 1. The Morgan fingerprint density at radius 1 is 1.35 bits per heavy atom. The molecule has 1 aromatic carbocycles. The molecule has 1 rings (SSSR count). The lowest BCUT2D eigenvalue weighted by Gasteiger charge is -2.27. The second-order valence-corrected chi connectivity index (χ2v) is 4.51. The Labute approximate surface area is 115 Å². The Morgan fingerprint density at radius 3 is 2.45 bits per heavy atom. The third-order valence-electron chi connectivity index (χ3n) is 2.82. The number of carbonyl (C=O) groups is 1. The summed E-state index contributed by atoms with van der Waals surface area (Å²) in [6.07, 6.45) is -4.52.